The Morgan fingerprint density at radius 3 is 2.21 bits per heavy atom. The summed E-state index contributed by atoms with van der Waals surface area (Å²) in [6.07, 6.45) is 2.02. The summed E-state index contributed by atoms with van der Waals surface area (Å²) in [6, 6.07) is 20.6. The standard InChI is InChI=1S/C23H18N4O2/c24-23(25)26(19-12-13-21(27(28)29)17-6-2-1-5-16(17)19)20-11-10-15-9-8-14-4-3-7-18(20)22(14)15/h1-7,10-13H,8-9H2,(H3,24,25). The van der Waals surface area contributed by atoms with Crippen LogP contribution in [0.3, 0.4) is 0 Å². The largest absolute Gasteiger partial charge is 0.369 e. The Labute approximate surface area is 166 Å². The van der Waals surface area contributed by atoms with Crippen LogP contribution in [0.25, 0.3) is 21.5 Å². The van der Waals surface area contributed by atoms with Gasteiger partial charge in [-0.3, -0.25) is 20.4 Å². The van der Waals surface area contributed by atoms with Crippen molar-refractivity contribution in [3.63, 3.8) is 0 Å². The van der Waals surface area contributed by atoms with E-state index in [-0.39, 0.29) is 16.6 Å². The molecule has 0 bridgehead atoms. The quantitative estimate of drug-likeness (QED) is 0.225. The molecular formula is C23H18N4O2. The maximum Gasteiger partial charge on any atom is 0.277 e. The van der Waals surface area contributed by atoms with Crippen molar-refractivity contribution < 1.29 is 4.92 Å². The third-order valence-electron chi connectivity index (χ3n) is 5.65. The summed E-state index contributed by atoms with van der Waals surface area (Å²) in [4.78, 5) is 12.8. The first-order chi connectivity index (χ1) is 14.1. The monoisotopic (exact) mass is 382 g/mol. The number of nitro groups is 1. The lowest BCUT2D eigenvalue weighted by molar-refractivity contribution is -0.383. The van der Waals surface area contributed by atoms with Gasteiger partial charge in [-0.2, -0.15) is 0 Å². The lowest BCUT2D eigenvalue weighted by Crippen LogP contribution is -2.32. The van der Waals surface area contributed by atoms with Gasteiger partial charge in [-0.25, -0.2) is 0 Å². The summed E-state index contributed by atoms with van der Waals surface area (Å²) < 4.78 is 0. The van der Waals surface area contributed by atoms with Gasteiger partial charge in [0.25, 0.3) is 5.69 Å². The van der Waals surface area contributed by atoms with Crippen LogP contribution in [0.5, 0.6) is 0 Å². The second kappa shape index (κ2) is 6.31. The van der Waals surface area contributed by atoms with Crippen LogP contribution in [0.1, 0.15) is 11.1 Å². The highest BCUT2D eigenvalue weighted by atomic mass is 16.6. The number of aryl methyl sites for hydroxylation is 2. The van der Waals surface area contributed by atoms with Gasteiger partial charge in [0.2, 0.25) is 0 Å². The number of nitro benzene ring substituents is 1. The van der Waals surface area contributed by atoms with Gasteiger partial charge in [0.15, 0.2) is 5.96 Å². The molecule has 4 aromatic rings. The minimum atomic E-state index is -0.386. The van der Waals surface area contributed by atoms with E-state index >= 15 is 0 Å². The minimum Gasteiger partial charge on any atom is -0.369 e. The molecule has 1 aliphatic carbocycles. The normalized spacial score (nSPS) is 12.4. The molecule has 6 heteroatoms. The molecule has 0 heterocycles. The third-order valence-corrected chi connectivity index (χ3v) is 5.65. The van der Waals surface area contributed by atoms with Gasteiger partial charge in [-0.05, 0) is 47.6 Å². The topological polar surface area (TPSA) is 96.2 Å². The molecule has 0 atom stereocenters. The SMILES string of the molecule is N=C(N)N(c1ccc([N+](=O)[O-])c2ccccc12)c1ccc2c3c(cccc13)CC2. The molecule has 0 saturated heterocycles. The van der Waals surface area contributed by atoms with E-state index in [2.05, 4.69) is 12.1 Å². The molecule has 29 heavy (non-hydrogen) atoms. The van der Waals surface area contributed by atoms with Gasteiger partial charge >= 0.3 is 0 Å². The number of hydrogen-bond donors (Lipinski definition) is 2. The number of nitrogens with zero attached hydrogens (tertiary/aromatic N) is 2. The predicted molar refractivity (Wildman–Crippen MR) is 116 cm³/mol. The third kappa shape index (κ3) is 2.53. The molecule has 0 saturated carbocycles. The molecule has 0 fully saturated rings. The van der Waals surface area contributed by atoms with Gasteiger partial charge < -0.3 is 5.73 Å². The first-order valence-corrected chi connectivity index (χ1v) is 9.40. The summed E-state index contributed by atoms with van der Waals surface area (Å²) in [5.74, 6) is -0.136. The summed E-state index contributed by atoms with van der Waals surface area (Å²) in [7, 11) is 0. The minimum absolute atomic E-state index is 0.0354. The number of non-ortho nitro benzene ring substituents is 1. The molecule has 0 aromatic heterocycles. The van der Waals surface area contributed by atoms with E-state index in [0.717, 1.165) is 23.9 Å². The summed E-state index contributed by atoms with van der Waals surface area (Å²) in [5.41, 5.74) is 10.1. The van der Waals surface area contributed by atoms with Crippen molar-refractivity contribution in [2.75, 3.05) is 4.90 Å². The van der Waals surface area contributed by atoms with Crippen molar-refractivity contribution in [2.45, 2.75) is 12.8 Å². The number of fused-ring (bicyclic) bond motifs is 1. The first-order valence-electron chi connectivity index (χ1n) is 9.40. The molecule has 0 spiro atoms. The summed E-state index contributed by atoms with van der Waals surface area (Å²) in [5, 5.41) is 23.3. The molecule has 5 rings (SSSR count). The molecule has 3 N–H and O–H groups in total. The van der Waals surface area contributed by atoms with E-state index in [1.54, 1.807) is 23.1 Å². The van der Waals surface area contributed by atoms with Crippen molar-refractivity contribution in [1.82, 2.24) is 0 Å². The average molecular weight is 382 g/mol. The number of hydrogen-bond acceptors (Lipinski definition) is 3. The van der Waals surface area contributed by atoms with Gasteiger partial charge in [0, 0.05) is 16.8 Å². The molecule has 0 amide bonds. The lowest BCUT2D eigenvalue weighted by Gasteiger charge is -2.26. The Balaban J connectivity index is 1.82. The van der Waals surface area contributed by atoms with Crippen molar-refractivity contribution in [1.29, 1.82) is 5.41 Å². The second-order valence-electron chi connectivity index (χ2n) is 7.21. The van der Waals surface area contributed by atoms with Crippen LogP contribution < -0.4 is 10.6 Å². The lowest BCUT2D eigenvalue weighted by atomic mass is 10.0. The van der Waals surface area contributed by atoms with Crippen molar-refractivity contribution in [3.8, 4) is 0 Å². The highest BCUT2D eigenvalue weighted by Gasteiger charge is 2.24. The zero-order chi connectivity index (χ0) is 20.1. The van der Waals surface area contributed by atoms with E-state index in [1.807, 2.05) is 30.3 Å². The fraction of sp³-hybridized carbons (Fsp3) is 0.0870. The van der Waals surface area contributed by atoms with Crippen LogP contribution in [0.15, 0.2) is 66.7 Å². The van der Waals surface area contributed by atoms with Crippen molar-refractivity contribution in [3.05, 3.63) is 88.0 Å². The molecule has 4 aromatic carbocycles. The van der Waals surface area contributed by atoms with Crippen LogP contribution in [0.4, 0.5) is 17.1 Å². The van der Waals surface area contributed by atoms with Crippen molar-refractivity contribution in [2.24, 2.45) is 5.73 Å². The molecule has 0 radical (unpaired) electrons. The first kappa shape index (κ1) is 17.2. The van der Waals surface area contributed by atoms with Gasteiger partial charge in [-0.1, -0.05) is 42.5 Å². The fourth-order valence-electron chi connectivity index (χ4n) is 4.44. The Bertz CT molecular complexity index is 1320. The van der Waals surface area contributed by atoms with Crippen LogP contribution in [0, 0.1) is 15.5 Å². The number of anilines is 2. The van der Waals surface area contributed by atoms with E-state index in [4.69, 9.17) is 11.1 Å². The Kier molecular flexibility index (Phi) is 3.74. The van der Waals surface area contributed by atoms with Crippen LogP contribution in [-0.4, -0.2) is 10.9 Å². The van der Waals surface area contributed by atoms with Crippen LogP contribution >= 0.6 is 0 Å². The fourth-order valence-corrected chi connectivity index (χ4v) is 4.44. The van der Waals surface area contributed by atoms with E-state index in [0.29, 0.717) is 16.5 Å². The summed E-state index contributed by atoms with van der Waals surface area (Å²) in [6.45, 7) is 0. The smallest absolute Gasteiger partial charge is 0.277 e. The zero-order valence-electron chi connectivity index (χ0n) is 15.6. The Morgan fingerprint density at radius 2 is 1.48 bits per heavy atom. The molecular weight excluding hydrogens is 364 g/mol. The van der Waals surface area contributed by atoms with Gasteiger partial charge in [-0.15, -0.1) is 0 Å². The maximum absolute atomic E-state index is 11.5. The number of guanidine groups is 1. The second-order valence-corrected chi connectivity index (χ2v) is 7.21. The van der Waals surface area contributed by atoms with E-state index in [1.165, 1.54) is 22.6 Å². The molecule has 1 aliphatic rings. The Hall–Kier alpha value is -3.93. The number of benzene rings is 4. The zero-order valence-corrected chi connectivity index (χ0v) is 15.6. The highest BCUT2D eigenvalue weighted by molar-refractivity contribution is 6.14. The maximum atomic E-state index is 11.5. The van der Waals surface area contributed by atoms with E-state index in [9.17, 15) is 10.1 Å². The number of rotatable bonds is 3. The molecule has 6 nitrogen and oxygen atoms in total. The summed E-state index contributed by atoms with van der Waals surface area (Å²) >= 11 is 0. The average Bonchev–Trinajstić information content (AvgIpc) is 3.14. The number of nitrogens with two attached hydrogens (primary N) is 1. The van der Waals surface area contributed by atoms with Crippen molar-refractivity contribution >= 4 is 44.6 Å². The van der Waals surface area contributed by atoms with Crippen LogP contribution in [0.2, 0.25) is 0 Å². The molecule has 0 unspecified atom stereocenters. The van der Waals surface area contributed by atoms with E-state index < -0.39 is 0 Å². The predicted octanol–water partition coefficient (Wildman–Crippen LogP) is 5.03. The molecule has 0 aliphatic heterocycles. The van der Waals surface area contributed by atoms with Crippen LogP contribution in [-0.2, 0) is 12.8 Å². The van der Waals surface area contributed by atoms with Gasteiger partial charge in [0.05, 0.1) is 21.7 Å². The van der Waals surface area contributed by atoms with Gasteiger partial charge in [0.1, 0.15) is 0 Å². The number of nitrogens with one attached hydrogen (secondary N) is 1. The molecule has 142 valence electrons. The highest BCUT2D eigenvalue weighted by Crippen LogP contribution is 2.41. The Morgan fingerprint density at radius 1 is 0.862 bits per heavy atom.